The van der Waals surface area contributed by atoms with Crippen LogP contribution < -0.4 is 5.43 Å². The molecule has 1 heterocycles. The fourth-order valence-corrected chi connectivity index (χ4v) is 1.58. The van der Waals surface area contributed by atoms with E-state index in [0.717, 1.165) is 18.6 Å². The molecule has 0 radical (unpaired) electrons. The fourth-order valence-electron chi connectivity index (χ4n) is 1.58. The summed E-state index contributed by atoms with van der Waals surface area (Å²) in [5.41, 5.74) is 4.01. The molecule has 0 aliphatic heterocycles. The average molecular weight is 203 g/mol. The predicted octanol–water partition coefficient (Wildman–Crippen LogP) is 1.74. The van der Waals surface area contributed by atoms with Gasteiger partial charge >= 0.3 is 0 Å². The van der Waals surface area contributed by atoms with Crippen molar-refractivity contribution in [3.8, 4) is 0 Å². The molecule has 0 bridgehead atoms. The van der Waals surface area contributed by atoms with Crippen LogP contribution in [0, 0.1) is 0 Å². The molecule has 1 aromatic rings. The maximum absolute atomic E-state index is 11.5. The predicted molar refractivity (Wildman–Crippen MR) is 57.6 cm³/mol. The van der Waals surface area contributed by atoms with Crippen LogP contribution in [0.3, 0.4) is 0 Å². The van der Waals surface area contributed by atoms with E-state index in [1.165, 1.54) is 12.8 Å². The Kier molecular flexibility index (Phi) is 3.07. The third-order valence-electron chi connectivity index (χ3n) is 2.39. The first kappa shape index (κ1) is 9.83. The van der Waals surface area contributed by atoms with Crippen molar-refractivity contribution in [3.05, 3.63) is 30.1 Å². The summed E-state index contributed by atoms with van der Waals surface area (Å²) < 4.78 is 0. The van der Waals surface area contributed by atoms with E-state index in [4.69, 9.17) is 0 Å². The molecule has 0 spiro atoms. The Morgan fingerprint density at radius 2 is 2.13 bits per heavy atom. The lowest BCUT2D eigenvalue weighted by molar-refractivity contribution is 0.0949. The van der Waals surface area contributed by atoms with Crippen LogP contribution in [0.1, 0.15) is 36.2 Å². The van der Waals surface area contributed by atoms with E-state index in [1.807, 2.05) is 0 Å². The highest BCUT2D eigenvalue weighted by Crippen LogP contribution is 2.13. The molecule has 0 atom stereocenters. The highest BCUT2D eigenvalue weighted by Gasteiger charge is 2.09. The molecule has 1 saturated carbocycles. The van der Waals surface area contributed by atoms with Crippen molar-refractivity contribution in [1.82, 2.24) is 10.4 Å². The van der Waals surface area contributed by atoms with E-state index < -0.39 is 0 Å². The molecule has 1 N–H and O–H groups in total. The molecular weight excluding hydrogens is 190 g/mol. The number of hydrogen-bond acceptors (Lipinski definition) is 3. The number of aromatic nitrogens is 1. The quantitative estimate of drug-likeness (QED) is 0.744. The number of carbonyl (C=O) groups is 1. The van der Waals surface area contributed by atoms with Crippen molar-refractivity contribution in [2.24, 2.45) is 5.10 Å². The van der Waals surface area contributed by atoms with Crippen molar-refractivity contribution in [3.63, 3.8) is 0 Å². The van der Waals surface area contributed by atoms with Crippen LogP contribution in [0.2, 0.25) is 0 Å². The lowest BCUT2D eigenvalue weighted by Crippen LogP contribution is -2.20. The average Bonchev–Trinajstić information content (AvgIpc) is 2.80. The molecule has 1 aliphatic carbocycles. The molecule has 78 valence electrons. The van der Waals surface area contributed by atoms with Gasteiger partial charge in [-0.2, -0.15) is 5.10 Å². The molecule has 1 fully saturated rings. The van der Waals surface area contributed by atoms with Gasteiger partial charge in [-0.25, -0.2) is 5.43 Å². The summed E-state index contributed by atoms with van der Waals surface area (Å²) in [6, 6.07) is 5.23. The standard InChI is InChI=1S/C11H13N3O/c15-11(10-7-3-4-8-12-10)14-13-9-5-1-2-6-9/h3-4,7-8H,1-2,5-6H2,(H,14,15). The molecule has 1 amide bonds. The summed E-state index contributed by atoms with van der Waals surface area (Å²) in [5.74, 6) is -0.241. The Bertz CT molecular complexity index is 365. The molecule has 2 rings (SSSR count). The van der Waals surface area contributed by atoms with Gasteiger partial charge in [-0.3, -0.25) is 9.78 Å². The van der Waals surface area contributed by atoms with E-state index in [9.17, 15) is 4.79 Å². The third kappa shape index (κ3) is 2.62. The van der Waals surface area contributed by atoms with Crippen molar-refractivity contribution in [2.75, 3.05) is 0 Å². The zero-order chi connectivity index (χ0) is 10.5. The summed E-state index contributed by atoms with van der Waals surface area (Å²) >= 11 is 0. The van der Waals surface area contributed by atoms with Crippen LogP contribution in [0.15, 0.2) is 29.5 Å². The topological polar surface area (TPSA) is 54.4 Å². The minimum absolute atomic E-state index is 0.241. The molecule has 0 aromatic carbocycles. The van der Waals surface area contributed by atoms with Gasteiger partial charge in [-0.15, -0.1) is 0 Å². The smallest absolute Gasteiger partial charge is 0.266 e. The van der Waals surface area contributed by atoms with Gasteiger partial charge in [0.15, 0.2) is 0 Å². The second kappa shape index (κ2) is 4.68. The van der Waals surface area contributed by atoms with Crippen molar-refractivity contribution in [1.29, 1.82) is 0 Å². The highest BCUT2D eigenvalue weighted by atomic mass is 16.2. The first-order valence-electron chi connectivity index (χ1n) is 5.13. The van der Waals surface area contributed by atoms with E-state index in [2.05, 4.69) is 15.5 Å². The highest BCUT2D eigenvalue weighted by molar-refractivity contribution is 5.94. The molecule has 1 aliphatic rings. The molecule has 0 saturated heterocycles. The van der Waals surface area contributed by atoms with E-state index in [-0.39, 0.29) is 5.91 Å². The maximum Gasteiger partial charge on any atom is 0.289 e. The summed E-state index contributed by atoms with van der Waals surface area (Å²) in [7, 11) is 0. The van der Waals surface area contributed by atoms with Crippen LogP contribution in [-0.2, 0) is 0 Å². The van der Waals surface area contributed by atoms with Gasteiger partial charge in [0, 0.05) is 11.9 Å². The summed E-state index contributed by atoms with van der Waals surface area (Å²) in [5, 5.41) is 4.08. The van der Waals surface area contributed by atoms with Gasteiger partial charge in [0.1, 0.15) is 5.69 Å². The summed E-state index contributed by atoms with van der Waals surface area (Å²) in [4.78, 5) is 15.5. The molecule has 4 nitrogen and oxygen atoms in total. The second-order valence-corrected chi connectivity index (χ2v) is 3.54. The van der Waals surface area contributed by atoms with Crippen molar-refractivity contribution < 1.29 is 4.79 Å². The van der Waals surface area contributed by atoms with Gasteiger partial charge in [0.2, 0.25) is 0 Å². The molecular formula is C11H13N3O. The van der Waals surface area contributed by atoms with Crippen LogP contribution in [0.4, 0.5) is 0 Å². The van der Waals surface area contributed by atoms with Crippen molar-refractivity contribution in [2.45, 2.75) is 25.7 Å². The zero-order valence-electron chi connectivity index (χ0n) is 8.44. The Hall–Kier alpha value is -1.71. The van der Waals surface area contributed by atoms with Gasteiger partial charge in [-0.05, 0) is 37.8 Å². The second-order valence-electron chi connectivity index (χ2n) is 3.54. The molecule has 4 heteroatoms. The lowest BCUT2D eigenvalue weighted by Gasteiger charge is -1.99. The number of amides is 1. The van der Waals surface area contributed by atoms with E-state index >= 15 is 0 Å². The van der Waals surface area contributed by atoms with Crippen LogP contribution in [0.25, 0.3) is 0 Å². The largest absolute Gasteiger partial charge is 0.289 e. The number of hydrazone groups is 1. The first-order valence-corrected chi connectivity index (χ1v) is 5.13. The first-order chi connectivity index (χ1) is 7.36. The van der Waals surface area contributed by atoms with Crippen LogP contribution in [-0.4, -0.2) is 16.6 Å². The summed E-state index contributed by atoms with van der Waals surface area (Å²) in [6.07, 6.45) is 5.96. The number of carbonyl (C=O) groups excluding carboxylic acids is 1. The van der Waals surface area contributed by atoms with Gasteiger partial charge < -0.3 is 0 Å². The summed E-state index contributed by atoms with van der Waals surface area (Å²) in [6.45, 7) is 0. The SMILES string of the molecule is O=C(NN=C1CCCC1)c1ccccn1. The monoisotopic (exact) mass is 203 g/mol. The molecule has 1 aromatic heterocycles. The number of pyridine rings is 1. The van der Waals surface area contributed by atoms with E-state index in [1.54, 1.807) is 24.4 Å². The van der Waals surface area contributed by atoms with Crippen molar-refractivity contribution >= 4 is 11.6 Å². The van der Waals surface area contributed by atoms with E-state index in [0.29, 0.717) is 5.69 Å². The molecule has 0 unspecified atom stereocenters. The minimum atomic E-state index is -0.241. The van der Waals surface area contributed by atoms with Gasteiger partial charge in [0.05, 0.1) is 0 Å². The van der Waals surface area contributed by atoms with Crippen LogP contribution in [0.5, 0.6) is 0 Å². The lowest BCUT2D eigenvalue weighted by atomic mass is 10.3. The number of rotatable bonds is 2. The number of hydrogen-bond donors (Lipinski definition) is 1. The Morgan fingerprint density at radius 1 is 1.33 bits per heavy atom. The fraction of sp³-hybridized carbons (Fsp3) is 0.364. The minimum Gasteiger partial charge on any atom is -0.266 e. The number of nitrogens with zero attached hydrogens (tertiary/aromatic N) is 2. The Labute approximate surface area is 88.4 Å². The molecule has 15 heavy (non-hydrogen) atoms. The normalized spacial score (nSPS) is 15.1. The van der Waals surface area contributed by atoms with Gasteiger partial charge in [0.25, 0.3) is 5.91 Å². The Morgan fingerprint density at radius 3 is 2.80 bits per heavy atom. The van der Waals surface area contributed by atoms with Gasteiger partial charge in [-0.1, -0.05) is 6.07 Å². The van der Waals surface area contributed by atoms with Crippen LogP contribution >= 0.6 is 0 Å². The number of nitrogens with one attached hydrogen (secondary N) is 1. The maximum atomic E-state index is 11.5. The Balaban J connectivity index is 1.95. The zero-order valence-corrected chi connectivity index (χ0v) is 8.44. The third-order valence-corrected chi connectivity index (χ3v) is 2.39.